The molecule has 3 nitrogen and oxygen atoms in total. The molecule has 0 bridgehead atoms. The largest absolute Gasteiger partial charge is 0.362 e. The molecule has 4 rings (SSSR count). The molecular weight excluding hydrogens is 312 g/mol. The van der Waals surface area contributed by atoms with Crippen LogP contribution in [0.3, 0.4) is 0 Å². The number of aliphatic hydroxyl groups is 2. The summed E-state index contributed by atoms with van der Waals surface area (Å²) in [7, 11) is 0. The second-order valence-corrected chi connectivity index (χ2v) is 10.4. The Balaban J connectivity index is 1.64. The van der Waals surface area contributed by atoms with E-state index in [1.165, 1.54) is 44.9 Å². The molecule has 0 saturated heterocycles. The average Bonchev–Trinajstić information content (AvgIpc) is 2.83. The van der Waals surface area contributed by atoms with E-state index in [0.717, 1.165) is 30.6 Å². The van der Waals surface area contributed by atoms with Crippen LogP contribution in [-0.4, -0.2) is 22.3 Å². The van der Waals surface area contributed by atoms with Crippen molar-refractivity contribution < 1.29 is 15.0 Å². The normalized spacial score (nSPS) is 52.4. The average molecular weight is 349 g/mol. The van der Waals surface area contributed by atoms with Crippen molar-refractivity contribution in [1.82, 2.24) is 0 Å². The second-order valence-electron chi connectivity index (χ2n) is 10.4. The quantitative estimate of drug-likeness (QED) is 0.737. The molecule has 0 radical (unpaired) electrons. The van der Waals surface area contributed by atoms with E-state index in [2.05, 4.69) is 20.8 Å². The highest BCUT2D eigenvalue weighted by molar-refractivity contribution is 5.85. The molecule has 4 saturated carbocycles. The van der Waals surface area contributed by atoms with Gasteiger partial charge in [-0.2, -0.15) is 0 Å². The van der Waals surface area contributed by atoms with Crippen LogP contribution in [-0.2, 0) is 4.79 Å². The van der Waals surface area contributed by atoms with Gasteiger partial charge in [-0.25, -0.2) is 0 Å². The second kappa shape index (κ2) is 6.05. The zero-order valence-corrected chi connectivity index (χ0v) is 16.2. The van der Waals surface area contributed by atoms with Crippen LogP contribution in [0.1, 0.15) is 78.6 Å². The van der Waals surface area contributed by atoms with Crippen molar-refractivity contribution in [3.63, 3.8) is 0 Å². The van der Waals surface area contributed by atoms with Gasteiger partial charge in [-0.1, -0.05) is 33.6 Å². The van der Waals surface area contributed by atoms with Crippen molar-refractivity contribution in [1.29, 1.82) is 0 Å². The first-order chi connectivity index (χ1) is 11.8. The maximum absolute atomic E-state index is 12.6. The molecule has 0 aromatic heterocycles. The van der Waals surface area contributed by atoms with E-state index < -0.39 is 6.29 Å². The Morgan fingerprint density at radius 2 is 1.72 bits per heavy atom. The number of Topliss-reactive ketones (excluding diaryl/α,β-unsaturated/α-hetero) is 1. The Morgan fingerprint density at radius 1 is 0.960 bits per heavy atom. The van der Waals surface area contributed by atoms with Crippen molar-refractivity contribution in [3.05, 3.63) is 0 Å². The molecule has 4 aliphatic carbocycles. The topological polar surface area (TPSA) is 57.5 Å². The van der Waals surface area contributed by atoms with Gasteiger partial charge < -0.3 is 10.2 Å². The van der Waals surface area contributed by atoms with Gasteiger partial charge in [0.2, 0.25) is 6.29 Å². The van der Waals surface area contributed by atoms with Gasteiger partial charge in [0.05, 0.1) is 0 Å². The Kier molecular flexibility index (Phi) is 4.35. The molecular formula is C22H36O3. The van der Waals surface area contributed by atoms with E-state index in [4.69, 9.17) is 0 Å². The molecule has 8 atom stereocenters. The molecule has 0 aromatic rings. The summed E-state index contributed by atoms with van der Waals surface area (Å²) in [6.07, 6.45) is 9.98. The smallest absolute Gasteiger partial charge is 0.213 e. The molecule has 4 aliphatic rings. The first-order valence-corrected chi connectivity index (χ1v) is 10.7. The SMILES string of the molecule is C[C@@H]1C[C@H]2[C@@H]3CCC4CCCC[C@]4(C)[C@H]3CC[C@]2(C)[C@H]1C(=O)C(O)O. The number of hydrogen-bond acceptors (Lipinski definition) is 3. The first-order valence-electron chi connectivity index (χ1n) is 10.7. The van der Waals surface area contributed by atoms with Gasteiger partial charge in [-0.3, -0.25) is 4.79 Å². The van der Waals surface area contributed by atoms with Gasteiger partial charge in [-0.15, -0.1) is 0 Å². The van der Waals surface area contributed by atoms with E-state index in [0.29, 0.717) is 11.3 Å². The molecule has 0 aromatic carbocycles. The molecule has 0 spiro atoms. The lowest BCUT2D eigenvalue weighted by atomic mass is 9.45. The lowest BCUT2D eigenvalue weighted by Gasteiger charge is -2.60. The van der Waals surface area contributed by atoms with E-state index in [1.54, 1.807) is 0 Å². The monoisotopic (exact) mass is 348 g/mol. The van der Waals surface area contributed by atoms with Gasteiger partial charge >= 0.3 is 0 Å². The molecule has 0 heterocycles. The summed E-state index contributed by atoms with van der Waals surface area (Å²) in [6.45, 7) is 7.03. The Morgan fingerprint density at radius 3 is 2.44 bits per heavy atom. The highest BCUT2D eigenvalue weighted by atomic mass is 16.5. The van der Waals surface area contributed by atoms with Crippen molar-refractivity contribution in [2.75, 3.05) is 0 Å². The van der Waals surface area contributed by atoms with Crippen LogP contribution in [0.25, 0.3) is 0 Å². The Hall–Kier alpha value is -0.410. The molecule has 0 aliphatic heterocycles. The van der Waals surface area contributed by atoms with Gasteiger partial charge in [0.15, 0.2) is 5.78 Å². The Labute approximate surface area is 152 Å². The van der Waals surface area contributed by atoms with Gasteiger partial charge in [0.1, 0.15) is 0 Å². The summed E-state index contributed by atoms with van der Waals surface area (Å²) in [5.74, 6) is 2.86. The van der Waals surface area contributed by atoms with Crippen LogP contribution in [0, 0.1) is 46.3 Å². The number of aliphatic hydroxyl groups excluding tert-OH is 1. The lowest BCUT2D eigenvalue weighted by Crippen LogP contribution is -2.53. The third-order valence-electron chi connectivity index (χ3n) is 9.49. The minimum Gasteiger partial charge on any atom is -0.362 e. The molecule has 2 N–H and O–H groups in total. The zero-order chi connectivity index (χ0) is 18.0. The fourth-order valence-electron chi connectivity index (χ4n) is 8.43. The molecule has 4 fully saturated rings. The number of ketones is 1. The van der Waals surface area contributed by atoms with Crippen molar-refractivity contribution in [2.45, 2.75) is 84.8 Å². The summed E-state index contributed by atoms with van der Waals surface area (Å²) in [6, 6.07) is 0. The first kappa shape index (κ1) is 18.0. The minimum atomic E-state index is -1.80. The highest BCUT2D eigenvalue weighted by Gasteiger charge is 2.62. The lowest BCUT2D eigenvalue weighted by molar-refractivity contribution is -0.159. The maximum atomic E-state index is 12.6. The number of hydrogen-bond donors (Lipinski definition) is 2. The van der Waals surface area contributed by atoms with Crippen LogP contribution >= 0.6 is 0 Å². The molecule has 25 heavy (non-hydrogen) atoms. The third kappa shape index (κ3) is 2.48. The van der Waals surface area contributed by atoms with E-state index >= 15 is 0 Å². The molecule has 0 amide bonds. The van der Waals surface area contributed by atoms with Crippen LogP contribution in [0.4, 0.5) is 0 Å². The molecule has 142 valence electrons. The zero-order valence-electron chi connectivity index (χ0n) is 16.2. The number of fused-ring (bicyclic) bond motifs is 5. The maximum Gasteiger partial charge on any atom is 0.213 e. The van der Waals surface area contributed by atoms with Gasteiger partial charge in [-0.05, 0) is 85.4 Å². The summed E-state index contributed by atoms with van der Waals surface area (Å²) in [5.41, 5.74) is 0.490. The number of carbonyl (C=O) groups excluding carboxylic acids is 1. The van der Waals surface area contributed by atoms with Crippen LogP contribution in [0.2, 0.25) is 0 Å². The highest BCUT2D eigenvalue weighted by Crippen LogP contribution is 2.68. The summed E-state index contributed by atoms with van der Waals surface area (Å²) < 4.78 is 0. The summed E-state index contributed by atoms with van der Waals surface area (Å²) >= 11 is 0. The van der Waals surface area contributed by atoms with Crippen LogP contribution in [0.5, 0.6) is 0 Å². The van der Waals surface area contributed by atoms with Crippen molar-refractivity contribution in [2.24, 2.45) is 46.3 Å². The van der Waals surface area contributed by atoms with E-state index in [1.807, 2.05) is 0 Å². The predicted molar refractivity (Wildman–Crippen MR) is 97.6 cm³/mol. The molecule has 1 unspecified atom stereocenters. The number of carbonyl (C=O) groups is 1. The summed E-state index contributed by atoms with van der Waals surface area (Å²) in [5, 5.41) is 19.1. The fraction of sp³-hybridized carbons (Fsp3) is 0.955. The van der Waals surface area contributed by atoms with Crippen LogP contribution in [0.15, 0.2) is 0 Å². The number of rotatable bonds is 2. The predicted octanol–water partition coefficient (Wildman–Crippen LogP) is 4.16. The van der Waals surface area contributed by atoms with Gasteiger partial charge in [0, 0.05) is 5.92 Å². The fourth-order valence-corrected chi connectivity index (χ4v) is 8.43. The Bertz CT molecular complexity index is 543. The minimum absolute atomic E-state index is 0.0285. The van der Waals surface area contributed by atoms with Crippen molar-refractivity contribution in [3.8, 4) is 0 Å². The van der Waals surface area contributed by atoms with E-state index in [9.17, 15) is 15.0 Å². The molecule has 3 heteroatoms. The van der Waals surface area contributed by atoms with Gasteiger partial charge in [0.25, 0.3) is 0 Å². The van der Waals surface area contributed by atoms with E-state index in [-0.39, 0.29) is 23.0 Å². The summed E-state index contributed by atoms with van der Waals surface area (Å²) in [4.78, 5) is 12.6. The van der Waals surface area contributed by atoms with Crippen molar-refractivity contribution >= 4 is 5.78 Å². The van der Waals surface area contributed by atoms with Crippen LogP contribution < -0.4 is 0 Å². The standard InChI is InChI=1S/C22H36O3/c1-13-12-17-15-8-7-14-6-4-5-10-21(14,2)16(15)9-11-22(17,3)18(13)19(23)20(24)25/h13-18,20,24-25H,4-12H2,1-3H3/t13-,14?,15-,16+,17+,18-,21+,22+/m1/s1. The third-order valence-corrected chi connectivity index (χ3v) is 9.49.